The van der Waals surface area contributed by atoms with Crippen molar-refractivity contribution < 1.29 is 8.76 Å². The molecule has 0 saturated carbocycles. The molecule has 0 radical (unpaired) electrons. The summed E-state index contributed by atoms with van der Waals surface area (Å²) in [4.78, 5) is 0.799. The number of rotatable bonds is 1. The van der Waals surface area contributed by atoms with E-state index in [4.69, 9.17) is 5.26 Å². The van der Waals surface area contributed by atoms with Gasteiger partial charge in [-0.3, -0.25) is 4.21 Å². The smallest absolute Gasteiger partial charge is 0.101 e. The normalized spacial score (nSPS) is 12.5. The van der Waals surface area contributed by atoms with Crippen molar-refractivity contribution in [3.63, 3.8) is 0 Å². The number of nitrogens with zero attached hydrogens (tertiary/aromatic N) is 1. The molecule has 3 nitrogen and oxygen atoms in total. The van der Waals surface area contributed by atoms with E-state index in [1.165, 1.54) is 11.3 Å². The van der Waals surface area contributed by atoms with E-state index in [1.54, 1.807) is 12.3 Å². The van der Waals surface area contributed by atoms with Gasteiger partial charge >= 0.3 is 0 Å². The molecule has 1 unspecified atom stereocenters. The molecule has 1 aromatic heterocycles. The van der Waals surface area contributed by atoms with Crippen LogP contribution in [0.4, 0.5) is 0 Å². The molecule has 0 N–H and O–H groups in total. The Morgan fingerprint density at radius 1 is 1.82 bits per heavy atom. The molecule has 1 rings (SSSR count). The van der Waals surface area contributed by atoms with Crippen LogP contribution in [0.2, 0.25) is 0 Å². The summed E-state index contributed by atoms with van der Waals surface area (Å²) in [5.74, 6) is 0. The van der Waals surface area contributed by atoms with Gasteiger partial charge in [-0.2, -0.15) is 5.26 Å². The fourth-order valence-corrected chi connectivity index (χ4v) is 2.35. The highest BCUT2D eigenvalue weighted by molar-refractivity contribution is 7.79. The van der Waals surface area contributed by atoms with Gasteiger partial charge in [0.15, 0.2) is 0 Å². The largest absolute Gasteiger partial charge is 0.768 e. The predicted octanol–water partition coefficient (Wildman–Crippen LogP) is 1.17. The first-order valence-electron chi connectivity index (χ1n) is 2.74. The highest BCUT2D eigenvalue weighted by Gasteiger charge is 2.07. The van der Waals surface area contributed by atoms with E-state index < -0.39 is 11.1 Å². The monoisotopic (exact) mass is 186 g/mol. The van der Waals surface area contributed by atoms with Crippen LogP contribution in [-0.2, 0) is 11.1 Å². The van der Waals surface area contributed by atoms with Crippen molar-refractivity contribution in [1.29, 1.82) is 5.26 Å². The van der Waals surface area contributed by atoms with E-state index in [0.717, 1.165) is 0 Å². The minimum atomic E-state index is -2.28. The summed E-state index contributed by atoms with van der Waals surface area (Å²) in [6.45, 7) is 1.68. The van der Waals surface area contributed by atoms with Crippen LogP contribution in [0.5, 0.6) is 0 Å². The van der Waals surface area contributed by atoms with Gasteiger partial charge in [0, 0.05) is 10.3 Å². The maximum atomic E-state index is 10.5. The van der Waals surface area contributed by atoms with Gasteiger partial charge in [0.05, 0.1) is 10.5 Å². The maximum Gasteiger partial charge on any atom is 0.101 e. The van der Waals surface area contributed by atoms with Gasteiger partial charge in [0.1, 0.15) is 6.07 Å². The quantitative estimate of drug-likeness (QED) is 0.618. The average Bonchev–Trinajstić information content (AvgIpc) is 2.30. The van der Waals surface area contributed by atoms with Crippen LogP contribution in [0.25, 0.3) is 0 Å². The number of aryl methyl sites for hydroxylation is 1. The van der Waals surface area contributed by atoms with Gasteiger partial charge in [-0.05, 0) is 18.0 Å². The fourth-order valence-electron chi connectivity index (χ4n) is 0.728. The molecule has 0 aliphatic rings. The van der Waals surface area contributed by atoms with Gasteiger partial charge in [-0.15, -0.1) is 11.3 Å². The Kier molecular flexibility index (Phi) is 2.39. The molecular formula is C6H4NO2S2-. The summed E-state index contributed by atoms with van der Waals surface area (Å²) in [5, 5.41) is 10.0. The molecule has 1 heterocycles. The zero-order valence-corrected chi connectivity index (χ0v) is 7.29. The Bertz CT molecular complexity index is 337. The zero-order chi connectivity index (χ0) is 8.43. The summed E-state index contributed by atoms with van der Waals surface area (Å²) < 4.78 is 21.0. The van der Waals surface area contributed by atoms with Gasteiger partial charge < -0.3 is 4.55 Å². The Labute approximate surface area is 70.6 Å². The number of hydrogen-bond donors (Lipinski definition) is 0. The SMILES string of the molecule is Cc1scc(C#N)c1S(=O)[O-]. The van der Waals surface area contributed by atoms with Gasteiger partial charge in [0.2, 0.25) is 0 Å². The molecule has 0 aliphatic heterocycles. The van der Waals surface area contributed by atoms with Crippen LogP contribution in [0, 0.1) is 18.3 Å². The molecule has 0 aromatic carbocycles. The second kappa shape index (κ2) is 3.13. The first-order valence-corrected chi connectivity index (χ1v) is 4.69. The Morgan fingerprint density at radius 3 is 2.82 bits per heavy atom. The highest BCUT2D eigenvalue weighted by Crippen LogP contribution is 2.23. The Hall–Kier alpha value is -0.700. The second-order valence-electron chi connectivity index (χ2n) is 1.88. The summed E-state index contributed by atoms with van der Waals surface area (Å²) in [6.07, 6.45) is 0. The lowest BCUT2D eigenvalue weighted by Gasteiger charge is -2.03. The van der Waals surface area contributed by atoms with Crippen molar-refractivity contribution >= 4 is 22.4 Å². The standard InChI is InChI=1S/C6H5NO2S2/c1-4-6(11(8)9)5(2-7)3-10-4/h3H,1H3,(H,8,9)/p-1. The molecular weight excluding hydrogens is 182 g/mol. The van der Waals surface area contributed by atoms with E-state index in [9.17, 15) is 8.76 Å². The first-order chi connectivity index (χ1) is 5.16. The van der Waals surface area contributed by atoms with Gasteiger partial charge in [-0.25, -0.2) is 0 Å². The zero-order valence-electron chi connectivity index (χ0n) is 5.66. The predicted molar refractivity (Wildman–Crippen MR) is 41.0 cm³/mol. The third-order valence-electron chi connectivity index (χ3n) is 1.21. The first kappa shape index (κ1) is 8.40. The summed E-state index contributed by atoms with van der Waals surface area (Å²) in [7, 11) is 0. The Balaban J connectivity index is 3.32. The molecule has 0 saturated heterocycles. The van der Waals surface area contributed by atoms with E-state index >= 15 is 0 Å². The summed E-state index contributed by atoms with van der Waals surface area (Å²) in [6, 6.07) is 1.82. The van der Waals surface area contributed by atoms with Crippen molar-refractivity contribution in [2.24, 2.45) is 0 Å². The van der Waals surface area contributed by atoms with Crippen LogP contribution in [0.15, 0.2) is 10.3 Å². The Morgan fingerprint density at radius 2 is 2.45 bits per heavy atom. The third kappa shape index (κ3) is 1.48. The summed E-state index contributed by atoms with van der Waals surface area (Å²) in [5.41, 5.74) is 0.237. The number of thiophene rings is 1. The lowest BCUT2D eigenvalue weighted by molar-refractivity contribution is 0.537. The molecule has 1 aromatic rings. The fraction of sp³-hybridized carbons (Fsp3) is 0.167. The lowest BCUT2D eigenvalue weighted by atomic mass is 10.3. The molecule has 5 heteroatoms. The number of hydrogen-bond acceptors (Lipinski definition) is 4. The molecule has 0 amide bonds. The van der Waals surface area contributed by atoms with Crippen LogP contribution in [0.1, 0.15) is 10.4 Å². The van der Waals surface area contributed by atoms with Gasteiger partial charge in [-0.1, -0.05) is 0 Å². The van der Waals surface area contributed by atoms with Crippen LogP contribution in [0.3, 0.4) is 0 Å². The van der Waals surface area contributed by atoms with Crippen molar-refractivity contribution in [2.75, 3.05) is 0 Å². The maximum absolute atomic E-state index is 10.5. The van der Waals surface area contributed by atoms with Crippen molar-refractivity contribution in [3.05, 3.63) is 15.8 Å². The van der Waals surface area contributed by atoms with Crippen molar-refractivity contribution in [2.45, 2.75) is 11.8 Å². The van der Waals surface area contributed by atoms with Gasteiger partial charge in [0.25, 0.3) is 0 Å². The van der Waals surface area contributed by atoms with Crippen LogP contribution >= 0.6 is 11.3 Å². The minimum absolute atomic E-state index is 0.137. The highest BCUT2D eigenvalue weighted by atomic mass is 32.2. The van der Waals surface area contributed by atoms with E-state index in [1.807, 2.05) is 6.07 Å². The number of nitriles is 1. The average molecular weight is 186 g/mol. The minimum Gasteiger partial charge on any atom is -0.768 e. The second-order valence-corrected chi connectivity index (χ2v) is 3.84. The molecule has 0 bridgehead atoms. The third-order valence-corrected chi connectivity index (χ3v) is 3.10. The van der Waals surface area contributed by atoms with Crippen LogP contribution in [-0.4, -0.2) is 8.76 Å². The van der Waals surface area contributed by atoms with E-state index in [-0.39, 0.29) is 10.5 Å². The molecule has 0 fully saturated rings. The molecule has 58 valence electrons. The van der Waals surface area contributed by atoms with E-state index in [2.05, 4.69) is 0 Å². The van der Waals surface area contributed by atoms with Crippen LogP contribution < -0.4 is 0 Å². The lowest BCUT2D eigenvalue weighted by Crippen LogP contribution is -1.90. The molecule has 0 aliphatic carbocycles. The topological polar surface area (TPSA) is 63.9 Å². The summed E-state index contributed by atoms with van der Waals surface area (Å²) >= 11 is -1.01. The molecule has 1 atom stereocenters. The molecule has 0 spiro atoms. The van der Waals surface area contributed by atoms with Crippen molar-refractivity contribution in [1.82, 2.24) is 0 Å². The van der Waals surface area contributed by atoms with E-state index in [0.29, 0.717) is 4.88 Å². The molecule has 11 heavy (non-hydrogen) atoms. The van der Waals surface area contributed by atoms with Crippen molar-refractivity contribution in [3.8, 4) is 6.07 Å².